The molecule has 0 radical (unpaired) electrons. The summed E-state index contributed by atoms with van der Waals surface area (Å²) in [6.45, 7) is 4.03. The molecule has 7 heteroatoms. The number of nitrogens with one attached hydrogen (secondary N) is 1. The van der Waals surface area contributed by atoms with Gasteiger partial charge in [0.25, 0.3) is 5.91 Å². The smallest absolute Gasteiger partial charge is 0.262 e. The van der Waals surface area contributed by atoms with E-state index in [2.05, 4.69) is 27.3 Å². The van der Waals surface area contributed by atoms with Crippen molar-refractivity contribution in [3.63, 3.8) is 0 Å². The SMILES string of the molecule is CC[C@H](C)NC(=O)/C(C#N)=C/c1cc(OC)c(OCc2ccccc2C#N)cc1Br. The molecule has 1 N–H and O–H groups in total. The van der Waals surface area contributed by atoms with E-state index in [1.807, 2.05) is 32.0 Å². The standard InChI is InChI=1S/C23H22BrN3O3/c1-4-15(2)27-23(28)19(13-26)9-18-10-21(29-3)22(11-20(18)24)30-14-17-8-6-5-7-16(17)12-25/h5-11,15H,4,14H2,1-3H3,(H,27,28)/b19-9+/t15-/m0/s1. The summed E-state index contributed by atoms with van der Waals surface area (Å²) in [5, 5.41) is 21.4. The topological polar surface area (TPSA) is 95.1 Å². The minimum absolute atomic E-state index is 0.00494. The molecule has 0 heterocycles. The first-order valence-electron chi connectivity index (χ1n) is 9.34. The molecule has 154 valence electrons. The first-order valence-corrected chi connectivity index (χ1v) is 10.1. The monoisotopic (exact) mass is 467 g/mol. The number of nitrogens with zero attached hydrogens (tertiary/aromatic N) is 2. The predicted molar refractivity (Wildman–Crippen MR) is 118 cm³/mol. The van der Waals surface area contributed by atoms with Crippen molar-refractivity contribution in [1.82, 2.24) is 5.32 Å². The molecule has 0 unspecified atom stereocenters. The van der Waals surface area contributed by atoms with Crippen LogP contribution < -0.4 is 14.8 Å². The average molecular weight is 468 g/mol. The average Bonchev–Trinajstić information content (AvgIpc) is 2.76. The van der Waals surface area contributed by atoms with Gasteiger partial charge in [0.2, 0.25) is 0 Å². The Balaban J connectivity index is 2.30. The molecular formula is C23H22BrN3O3. The molecule has 6 nitrogen and oxygen atoms in total. The van der Waals surface area contributed by atoms with E-state index in [9.17, 15) is 15.3 Å². The summed E-state index contributed by atoms with van der Waals surface area (Å²) in [6.07, 6.45) is 2.27. The number of amides is 1. The third-order valence-electron chi connectivity index (χ3n) is 4.46. The van der Waals surface area contributed by atoms with Crippen molar-refractivity contribution in [3.8, 4) is 23.6 Å². The maximum absolute atomic E-state index is 12.3. The Morgan fingerprint density at radius 1 is 1.27 bits per heavy atom. The van der Waals surface area contributed by atoms with Crippen LogP contribution in [0.15, 0.2) is 46.4 Å². The fraction of sp³-hybridized carbons (Fsp3) is 0.261. The van der Waals surface area contributed by atoms with E-state index in [0.29, 0.717) is 27.1 Å². The molecule has 0 saturated carbocycles. The Bertz CT molecular complexity index is 1030. The summed E-state index contributed by atoms with van der Waals surface area (Å²) < 4.78 is 11.9. The molecule has 0 saturated heterocycles. The van der Waals surface area contributed by atoms with Crippen LogP contribution in [0.5, 0.6) is 11.5 Å². The van der Waals surface area contributed by atoms with Gasteiger partial charge < -0.3 is 14.8 Å². The molecule has 30 heavy (non-hydrogen) atoms. The van der Waals surface area contributed by atoms with E-state index in [4.69, 9.17) is 9.47 Å². The largest absolute Gasteiger partial charge is 0.493 e. The van der Waals surface area contributed by atoms with Gasteiger partial charge in [0.1, 0.15) is 18.2 Å². The molecule has 2 aromatic rings. The summed E-state index contributed by atoms with van der Waals surface area (Å²) in [7, 11) is 1.51. The van der Waals surface area contributed by atoms with Crippen LogP contribution in [0, 0.1) is 22.7 Å². The van der Waals surface area contributed by atoms with Gasteiger partial charge in [-0.15, -0.1) is 0 Å². The summed E-state index contributed by atoms with van der Waals surface area (Å²) in [4.78, 5) is 12.3. The molecule has 0 fully saturated rings. The van der Waals surface area contributed by atoms with Crippen LogP contribution >= 0.6 is 15.9 Å². The number of hydrogen-bond acceptors (Lipinski definition) is 5. The number of nitriles is 2. The molecule has 0 aliphatic rings. The fourth-order valence-corrected chi connectivity index (χ4v) is 2.99. The second kappa shape index (κ2) is 11.0. The van der Waals surface area contributed by atoms with Gasteiger partial charge in [-0.25, -0.2) is 0 Å². The zero-order chi connectivity index (χ0) is 22.1. The van der Waals surface area contributed by atoms with Crippen molar-refractivity contribution in [2.24, 2.45) is 0 Å². The number of carbonyl (C=O) groups excluding carboxylic acids is 1. The molecule has 0 spiro atoms. The number of benzene rings is 2. The number of carbonyl (C=O) groups is 1. The van der Waals surface area contributed by atoms with Gasteiger partial charge in [0, 0.05) is 16.1 Å². The van der Waals surface area contributed by atoms with Crippen LogP contribution in [-0.4, -0.2) is 19.1 Å². The van der Waals surface area contributed by atoms with Gasteiger partial charge in [-0.05, 0) is 43.2 Å². The van der Waals surface area contributed by atoms with Crippen molar-refractivity contribution < 1.29 is 14.3 Å². The summed E-state index contributed by atoms with van der Waals surface area (Å²) in [5.74, 6) is 0.487. The quantitative estimate of drug-likeness (QED) is 0.447. The third-order valence-corrected chi connectivity index (χ3v) is 5.15. The van der Waals surface area contributed by atoms with Gasteiger partial charge in [-0.3, -0.25) is 4.79 Å². The van der Waals surface area contributed by atoms with E-state index in [1.54, 1.807) is 24.3 Å². The summed E-state index contributed by atoms with van der Waals surface area (Å²) in [6, 6.07) is 14.6. The van der Waals surface area contributed by atoms with Gasteiger partial charge in [-0.1, -0.05) is 41.1 Å². The number of methoxy groups -OCH3 is 1. The van der Waals surface area contributed by atoms with Gasteiger partial charge in [0.05, 0.1) is 18.7 Å². The lowest BCUT2D eigenvalue weighted by atomic mass is 10.1. The number of hydrogen-bond donors (Lipinski definition) is 1. The Morgan fingerprint density at radius 2 is 2.00 bits per heavy atom. The van der Waals surface area contributed by atoms with E-state index < -0.39 is 5.91 Å². The molecule has 1 amide bonds. The lowest BCUT2D eigenvalue weighted by Crippen LogP contribution is -2.32. The van der Waals surface area contributed by atoms with Crippen LogP contribution in [0.2, 0.25) is 0 Å². The zero-order valence-electron chi connectivity index (χ0n) is 17.0. The van der Waals surface area contributed by atoms with E-state index in [1.165, 1.54) is 13.2 Å². The van der Waals surface area contributed by atoms with Crippen LogP contribution in [-0.2, 0) is 11.4 Å². The molecule has 2 rings (SSSR count). The molecule has 1 atom stereocenters. The minimum atomic E-state index is -0.425. The Labute approximate surface area is 184 Å². The zero-order valence-corrected chi connectivity index (χ0v) is 18.6. The molecule has 0 aliphatic carbocycles. The lowest BCUT2D eigenvalue weighted by molar-refractivity contribution is -0.117. The third kappa shape index (κ3) is 5.85. The second-order valence-corrected chi connectivity index (χ2v) is 7.39. The molecular weight excluding hydrogens is 446 g/mol. The normalized spacial score (nSPS) is 11.7. The first-order chi connectivity index (χ1) is 14.4. The summed E-state index contributed by atoms with van der Waals surface area (Å²) in [5.41, 5.74) is 1.90. The highest BCUT2D eigenvalue weighted by Gasteiger charge is 2.15. The van der Waals surface area contributed by atoms with Crippen LogP contribution in [0.25, 0.3) is 6.08 Å². The Hall–Kier alpha value is -3.29. The number of rotatable bonds is 8. The van der Waals surface area contributed by atoms with Gasteiger partial charge in [0.15, 0.2) is 11.5 Å². The van der Waals surface area contributed by atoms with E-state index in [0.717, 1.165) is 12.0 Å². The molecule has 0 aromatic heterocycles. The minimum Gasteiger partial charge on any atom is -0.493 e. The highest BCUT2D eigenvalue weighted by atomic mass is 79.9. The van der Waals surface area contributed by atoms with Crippen LogP contribution in [0.1, 0.15) is 37.0 Å². The van der Waals surface area contributed by atoms with Crippen molar-refractivity contribution in [1.29, 1.82) is 10.5 Å². The molecule has 2 aromatic carbocycles. The predicted octanol–water partition coefficient (Wildman–Crippen LogP) is 4.73. The molecule has 0 bridgehead atoms. The van der Waals surface area contributed by atoms with E-state index >= 15 is 0 Å². The van der Waals surface area contributed by atoms with Crippen LogP contribution in [0.4, 0.5) is 0 Å². The summed E-state index contributed by atoms with van der Waals surface area (Å²) >= 11 is 3.46. The van der Waals surface area contributed by atoms with Gasteiger partial charge in [-0.2, -0.15) is 10.5 Å². The maximum atomic E-state index is 12.3. The maximum Gasteiger partial charge on any atom is 0.262 e. The van der Waals surface area contributed by atoms with Crippen molar-refractivity contribution in [2.75, 3.05) is 7.11 Å². The van der Waals surface area contributed by atoms with Crippen molar-refractivity contribution >= 4 is 27.9 Å². The van der Waals surface area contributed by atoms with E-state index in [-0.39, 0.29) is 18.2 Å². The lowest BCUT2D eigenvalue weighted by Gasteiger charge is -2.14. The molecule has 0 aliphatic heterocycles. The first kappa shape index (κ1) is 23.0. The van der Waals surface area contributed by atoms with Crippen LogP contribution in [0.3, 0.4) is 0 Å². The van der Waals surface area contributed by atoms with Crippen molar-refractivity contribution in [3.05, 3.63) is 63.1 Å². The number of halogens is 1. The Morgan fingerprint density at radius 3 is 2.63 bits per heavy atom. The highest BCUT2D eigenvalue weighted by Crippen LogP contribution is 2.35. The Kier molecular flexibility index (Phi) is 8.46. The van der Waals surface area contributed by atoms with Crippen molar-refractivity contribution in [2.45, 2.75) is 32.9 Å². The second-order valence-electron chi connectivity index (χ2n) is 6.53. The van der Waals surface area contributed by atoms with Gasteiger partial charge >= 0.3 is 0 Å². The highest BCUT2D eigenvalue weighted by molar-refractivity contribution is 9.10. The fourth-order valence-electron chi connectivity index (χ4n) is 2.55. The number of ether oxygens (including phenoxy) is 2.